The average Bonchev–Trinajstić information content (AvgIpc) is 2.80. The van der Waals surface area contributed by atoms with Gasteiger partial charge < -0.3 is 9.88 Å². The van der Waals surface area contributed by atoms with Crippen LogP contribution in [0.15, 0.2) is 34.9 Å². The third-order valence-corrected chi connectivity index (χ3v) is 4.18. The highest BCUT2D eigenvalue weighted by molar-refractivity contribution is 9.10. The number of nitrogens with one attached hydrogen (secondary N) is 1. The van der Waals surface area contributed by atoms with Gasteiger partial charge in [0.2, 0.25) is 0 Å². The molecule has 1 amide bonds. The molecule has 1 aliphatic carbocycles. The molecule has 1 aromatic heterocycles. The van der Waals surface area contributed by atoms with Gasteiger partial charge in [0, 0.05) is 16.7 Å². The van der Waals surface area contributed by atoms with Gasteiger partial charge in [0.15, 0.2) is 11.6 Å². The maximum Gasteiger partial charge on any atom is 0.272 e. The molecular weight excluding hydrogens is 342 g/mol. The van der Waals surface area contributed by atoms with Gasteiger partial charge in [0.05, 0.1) is 0 Å². The van der Waals surface area contributed by atoms with Crippen LogP contribution in [0.25, 0.3) is 0 Å². The van der Waals surface area contributed by atoms with Crippen molar-refractivity contribution in [2.24, 2.45) is 0 Å². The van der Waals surface area contributed by atoms with E-state index in [1.807, 2.05) is 10.8 Å². The van der Waals surface area contributed by atoms with Gasteiger partial charge in [-0.05, 0) is 43.5 Å². The van der Waals surface area contributed by atoms with Crippen molar-refractivity contribution < 1.29 is 13.6 Å². The minimum absolute atomic E-state index is 0.286. The van der Waals surface area contributed by atoms with E-state index in [9.17, 15) is 13.6 Å². The molecule has 1 N–H and O–H groups in total. The second-order valence-electron chi connectivity index (χ2n) is 5.08. The Morgan fingerprint density at radius 1 is 1.29 bits per heavy atom. The van der Waals surface area contributed by atoms with Crippen LogP contribution in [0.3, 0.4) is 0 Å². The minimum Gasteiger partial charge on any atom is -0.340 e. The molecule has 0 bridgehead atoms. The SMILES string of the molecule is O=C(Nc1c(F)cc(Br)cc1F)c1cccn1C1CCC1. The molecule has 1 saturated carbocycles. The van der Waals surface area contributed by atoms with E-state index >= 15 is 0 Å². The van der Waals surface area contributed by atoms with Gasteiger partial charge in [0.1, 0.15) is 11.4 Å². The fourth-order valence-electron chi connectivity index (χ4n) is 2.41. The number of carbonyl (C=O) groups excluding carboxylic acids is 1. The Kier molecular flexibility index (Phi) is 3.80. The van der Waals surface area contributed by atoms with Crippen LogP contribution in [-0.2, 0) is 0 Å². The van der Waals surface area contributed by atoms with Gasteiger partial charge in [-0.2, -0.15) is 0 Å². The molecule has 1 aliphatic rings. The monoisotopic (exact) mass is 354 g/mol. The molecular formula is C15H13BrF2N2O. The lowest BCUT2D eigenvalue weighted by Gasteiger charge is -2.28. The second kappa shape index (κ2) is 5.60. The third-order valence-electron chi connectivity index (χ3n) is 3.73. The Labute approximate surface area is 129 Å². The molecule has 0 radical (unpaired) electrons. The van der Waals surface area contributed by atoms with Crippen LogP contribution >= 0.6 is 15.9 Å². The zero-order chi connectivity index (χ0) is 15.0. The van der Waals surface area contributed by atoms with Crippen molar-refractivity contribution in [3.8, 4) is 0 Å². The molecule has 3 nitrogen and oxygen atoms in total. The third kappa shape index (κ3) is 2.72. The van der Waals surface area contributed by atoms with E-state index in [-0.39, 0.29) is 4.47 Å². The lowest BCUT2D eigenvalue weighted by atomic mass is 9.93. The number of hydrogen-bond donors (Lipinski definition) is 1. The normalized spacial score (nSPS) is 14.8. The summed E-state index contributed by atoms with van der Waals surface area (Å²) in [4.78, 5) is 12.3. The summed E-state index contributed by atoms with van der Waals surface area (Å²) in [7, 11) is 0. The molecule has 0 aliphatic heterocycles. The Balaban J connectivity index is 1.86. The molecule has 0 saturated heterocycles. The summed E-state index contributed by atoms with van der Waals surface area (Å²) in [5.74, 6) is -2.12. The highest BCUT2D eigenvalue weighted by Crippen LogP contribution is 2.33. The average molecular weight is 355 g/mol. The molecule has 0 spiro atoms. The molecule has 6 heteroatoms. The first kappa shape index (κ1) is 14.3. The maximum atomic E-state index is 13.8. The van der Waals surface area contributed by atoms with Crippen molar-refractivity contribution in [2.45, 2.75) is 25.3 Å². The number of rotatable bonds is 3. The van der Waals surface area contributed by atoms with Crippen molar-refractivity contribution in [2.75, 3.05) is 5.32 Å². The summed E-state index contributed by atoms with van der Waals surface area (Å²) in [5, 5.41) is 2.32. The highest BCUT2D eigenvalue weighted by atomic mass is 79.9. The summed E-state index contributed by atoms with van der Waals surface area (Å²) in [5.41, 5.74) is -0.00835. The lowest BCUT2D eigenvalue weighted by Crippen LogP contribution is -2.24. The number of halogens is 3. The van der Waals surface area contributed by atoms with Crippen molar-refractivity contribution in [3.63, 3.8) is 0 Å². The summed E-state index contributed by atoms with van der Waals surface area (Å²) in [6.07, 6.45) is 5.01. The van der Waals surface area contributed by atoms with E-state index in [1.165, 1.54) is 0 Å². The largest absolute Gasteiger partial charge is 0.340 e. The standard InChI is InChI=1S/C15H13BrF2N2O/c16-9-7-11(17)14(12(18)8-9)19-15(21)13-5-2-6-20(13)10-3-1-4-10/h2,5-8,10H,1,3-4H2,(H,19,21). The lowest BCUT2D eigenvalue weighted by molar-refractivity contribution is 0.101. The van der Waals surface area contributed by atoms with Crippen LogP contribution in [0.4, 0.5) is 14.5 Å². The van der Waals surface area contributed by atoms with E-state index in [2.05, 4.69) is 21.2 Å². The Bertz CT molecular complexity index is 672. The summed E-state index contributed by atoms with van der Waals surface area (Å²) >= 11 is 3.00. The molecule has 21 heavy (non-hydrogen) atoms. The number of benzene rings is 1. The van der Waals surface area contributed by atoms with E-state index < -0.39 is 23.2 Å². The zero-order valence-corrected chi connectivity index (χ0v) is 12.7. The number of aromatic nitrogens is 1. The first-order chi connectivity index (χ1) is 10.1. The maximum absolute atomic E-state index is 13.8. The van der Waals surface area contributed by atoms with Gasteiger partial charge in [-0.15, -0.1) is 0 Å². The molecule has 0 unspecified atom stereocenters. The van der Waals surface area contributed by atoms with Crippen molar-refractivity contribution in [3.05, 3.63) is 52.3 Å². The van der Waals surface area contributed by atoms with Crippen LogP contribution < -0.4 is 5.32 Å². The van der Waals surface area contributed by atoms with Crippen molar-refractivity contribution >= 4 is 27.5 Å². The molecule has 1 aromatic carbocycles. The minimum atomic E-state index is -0.808. The fraction of sp³-hybridized carbons (Fsp3) is 0.267. The van der Waals surface area contributed by atoms with E-state index in [1.54, 1.807) is 12.1 Å². The van der Waals surface area contributed by atoms with Crippen molar-refractivity contribution in [1.29, 1.82) is 0 Å². The Morgan fingerprint density at radius 2 is 1.95 bits per heavy atom. The van der Waals surface area contributed by atoms with E-state index in [0.29, 0.717) is 11.7 Å². The number of nitrogens with zero attached hydrogens (tertiary/aromatic N) is 1. The van der Waals surface area contributed by atoms with Gasteiger partial charge in [0.25, 0.3) is 5.91 Å². The predicted molar refractivity (Wildman–Crippen MR) is 79.3 cm³/mol. The number of amides is 1. The Morgan fingerprint density at radius 3 is 2.52 bits per heavy atom. The topological polar surface area (TPSA) is 34.0 Å². The predicted octanol–water partition coefficient (Wildman–Crippen LogP) is 4.51. The van der Waals surface area contributed by atoms with Gasteiger partial charge in [-0.25, -0.2) is 8.78 Å². The molecule has 110 valence electrons. The van der Waals surface area contributed by atoms with E-state index in [4.69, 9.17) is 0 Å². The molecule has 1 fully saturated rings. The molecule has 2 aromatic rings. The second-order valence-corrected chi connectivity index (χ2v) is 6.00. The van der Waals surface area contributed by atoms with Gasteiger partial charge in [-0.1, -0.05) is 15.9 Å². The van der Waals surface area contributed by atoms with Crippen LogP contribution in [0.2, 0.25) is 0 Å². The van der Waals surface area contributed by atoms with Crippen LogP contribution in [0.1, 0.15) is 35.8 Å². The van der Waals surface area contributed by atoms with Gasteiger partial charge in [-0.3, -0.25) is 4.79 Å². The first-order valence-electron chi connectivity index (χ1n) is 6.69. The first-order valence-corrected chi connectivity index (χ1v) is 7.48. The summed E-state index contributed by atoms with van der Waals surface area (Å²) in [6.45, 7) is 0. The molecule has 3 rings (SSSR count). The number of carbonyl (C=O) groups is 1. The van der Waals surface area contributed by atoms with Crippen molar-refractivity contribution in [1.82, 2.24) is 4.57 Å². The highest BCUT2D eigenvalue weighted by Gasteiger charge is 2.24. The van der Waals surface area contributed by atoms with Crippen LogP contribution in [0, 0.1) is 11.6 Å². The summed E-state index contributed by atoms with van der Waals surface area (Å²) < 4.78 is 29.7. The van der Waals surface area contributed by atoms with E-state index in [0.717, 1.165) is 31.4 Å². The smallest absolute Gasteiger partial charge is 0.272 e. The fourth-order valence-corrected chi connectivity index (χ4v) is 2.81. The molecule has 0 atom stereocenters. The summed E-state index contributed by atoms with van der Waals surface area (Å²) in [6, 6.07) is 5.96. The quantitative estimate of drug-likeness (QED) is 0.864. The number of anilines is 1. The number of hydrogen-bond acceptors (Lipinski definition) is 1. The zero-order valence-electron chi connectivity index (χ0n) is 11.1. The van der Waals surface area contributed by atoms with Crippen LogP contribution in [0.5, 0.6) is 0 Å². The van der Waals surface area contributed by atoms with Gasteiger partial charge >= 0.3 is 0 Å². The Hall–Kier alpha value is -1.69. The van der Waals surface area contributed by atoms with Crippen LogP contribution in [-0.4, -0.2) is 10.5 Å². The molecule has 1 heterocycles.